The average Bonchev–Trinajstić information content (AvgIpc) is 2.43. The number of nitrogens with zero attached hydrogens (tertiary/aromatic N) is 1. The lowest BCUT2D eigenvalue weighted by Crippen LogP contribution is -2.34. The van der Waals surface area contributed by atoms with Crippen LogP contribution in [0.3, 0.4) is 0 Å². The minimum absolute atomic E-state index is 0.0621. The molecule has 1 amide bonds. The highest BCUT2D eigenvalue weighted by Crippen LogP contribution is 2.23. The van der Waals surface area contributed by atoms with Gasteiger partial charge in [0.25, 0.3) is 5.91 Å². The molecular weight excluding hydrogens is 280 g/mol. The van der Waals surface area contributed by atoms with E-state index in [0.29, 0.717) is 17.7 Å². The zero-order valence-electron chi connectivity index (χ0n) is 13.8. The van der Waals surface area contributed by atoms with E-state index in [-0.39, 0.29) is 11.9 Å². The third-order valence-electron chi connectivity index (χ3n) is 3.47. The smallest absolute Gasteiger partial charge is 0.253 e. The highest BCUT2D eigenvalue weighted by molar-refractivity contribution is 7.99. The summed E-state index contributed by atoms with van der Waals surface area (Å²) in [5.74, 6) is 0.507. The summed E-state index contributed by atoms with van der Waals surface area (Å²) in [5.41, 5.74) is 6.77. The van der Waals surface area contributed by atoms with Gasteiger partial charge in [-0.1, -0.05) is 27.7 Å². The maximum absolute atomic E-state index is 12.3. The van der Waals surface area contributed by atoms with Gasteiger partial charge in [0.15, 0.2) is 0 Å². The zero-order valence-corrected chi connectivity index (χ0v) is 14.6. The molecule has 0 aliphatic rings. The Labute approximate surface area is 133 Å². The number of thioether (sulfide) groups is 1. The van der Waals surface area contributed by atoms with Crippen molar-refractivity contribution in [3.05, 3.63) is 29.8 Å². The topological polar surface area (TPSA) is 46.3 Å². The van der Waals surface area contributed by atoms with Gasteiger partial charge < -0.3 is 10.6 Å². The minimum Gasteiger partial charge on any atom is -0.342 e. The highest BCUT2D eigenvalue weighted by atomic mass is 32.2. The van der Waals surface area contributed by atoms with Crippen molar-refractivity contribution in [2.75, 3.05) is 13.6 Å². The van der Waals surface area contributed by atoms with E-state index in [0.717, 1.165) is 12.0 Å². The molecular formula is C17H28N2OS. The van der Waals surface area contributed by atoms with Gasteiger partial charge >= 0.3 is 0 Å². The maximum Gasteiger partial charge on any atom is 0.253 e. The molecule has 1 rings (SSSR count). The van der Waals surface area contributed by atoms with E-state index >= 15 is 0 Å². The van der Waals surface area contributed by atoms with Crippen LogP contribution in [0.25, 0.3) is 0 Å². The van der Waals surface area contributed by atoms with E-state index < -0.39 is 0 Å². The van der Waals surface area contributed by atoms with Crippen LogP contribution in [0.2, 0.25) is 0 Å². The van der Waals surface area contributed by atoms with Crippen molar-refractivity contribution in [2.24, 2.45) is 11.7 Å². The lowest BCUT2D eigenvalue weighted by atomic mass is 10.0. The number of benzene rings is 1. The predicted molar refractivity (Wildman–Crippen MR) is 91.8 cm³/mol. The molecule has 0 heterocycles. The van der Waals surface area contributed by atoms with Gasteiger partial charge in [-0.3, -0.25) is 4.79 Å². The number of hydrogen-bond acceptors (Lipinski definition) is 3. The summed E-state index contributed by atoms with van der Waals surface area (Å²) in [6, 6.07) is 8.00. The molecule has 0 saturated heterocycles. The van der Waals surface area contributed by atoms with Crippen LogP contribution >= 0.6 is 11.8 Å². The van der Waals surface area contributed by atoms with E-state index in [4.69, 9.17) is 5.73 Å². The van der Waals surface area contributed by atoms with Crippen molar-refractivity contribution in [1.82, 2.24) is 4.90 Å². The molecule has 118 valence electrons. The lowest BCUT2D eigenvalue weighted by Gasteiger charge is -2.21. The van der Waals surface area contributed by atoms with Gasteiger partial charge in [-0.2, -0.15) is 0 Å². The van der Waals surface area contributed by atoms with Crippen LogP contribution < -0.4 is 5.73 Å². The summed E-state index contributed by atoms with van der Waals surface area (Å²) in [6.07, 6.45) is 0.835. The fourth-order valence-electron chi connectivity index (χ4n) is 1.95. The van der Waals surface area contributed by atoms with E-state index in [1.54, 1.807) is 16.7 Å². The van der Waals surface area contributed by atoms with Crippen LogP contribution in [0.15, 0.2) is 29.2 Å². The standard InChI is InChI=1S/C17H28N2OS/c1-12(2)16(18)10-11-19(5)17(20)14-6-8-15(9-7-14)21-13(3)4/h6-9,12-13,16H,10-11,18H2,1-5H3. The highest BCUT2D eigenvalue weighted by Gasteiger charge is 2.14. The monoisotopic (exact) mass is 308 g/mol. The first-order valence-corrected chi connectivity index (χ1v) is 8.47. The quantitative estimate of drug-likeness (QED) is 0.782. The summed E-state index contributed by atoms with van der Waals surface area (Å²) in [6.45, 7) is 9.24. The molecule has 0 bridgehead atoms. The zero-order chi connectivity index (χ0) is 16.0. The second-order valence-electron chi connectivity index (χ2n) is 6.11. The molecule has 0 radical (unpaired) electrons. The average molecular weight is 308 g/mol. The van der Waals surface area contributed by atoms with Crippen LogP contribution in [0.1, 0.15) is 44.5 Å². The van der Waals surface area contributed by atoms with Crippen molar-refractivity contribution in [3.8, 4) is 0 Å². The van der Waals surface area contributed by atoms with Crippen molar-refractivity contribution in [2.45, 2.75) is 50.3 Å². The molecule has 0 saturated carbocycles. The van der Waals surface area contributed by atoms with Gasteiger partial charge in [-0.25, -0.2) is 0 Å². The summed E-state index contributed by atoms with van der Waals surface area (Å²) in [4.78, 5) is 15.3. The van der Waals surface area contributed by atoms with Gasteiger partial charge in [0, 0.05) is 35.3 Å². The van der Waals surface area contributed by atoms with E-state index in [2.05, 4.69) is 27.7 Å². The van der Waals surface area contributed by atoms with E-state index in [1.165, 1.54) is 4.90 Å². The summed E-state index contributed by atoms with van der Waals surface area (Å²) >= 11 is 1.80. The first-order valence-electron chi connectivity index (χ1n) is 7.59. The summed E-state index contributed by atoms with van der Waals surface area (Å²) < 4.78 is 0. The maximum atomic E-state index is 12.3. The Bertz CT molecular complexity index is 443. The lowest BCUT2D eigenvalue weighted by molar-refractivity contribution is 0.0789. The van der Waals surface area contributed by atoms with Crippen LogP contribution in [0.4, 0.5) is 0 Å². The second kappa shape index (κ2) is 8.44. The van der Waals surface area contributed by atoms with Crippen molar-refractivity contribution < 1.29 is 4.79 Å². The molecule has 3 nitrogen and oxygen atoms in total. The third kappa shape index (κ3) is 6.10. The number of amides is 1. The Morgan fingerprint density at radius 3 is 2.24 bits per heavy atom. The van der Waals surface area contributed by atoms with Gasteiger partial charge in [-0.15, -0.1) is 11.8 Å². The molecule has 2 N–H and O–H groups in total. The molecule has 1 unspecified atom stereocenters. The summed E-state index contributed by atoms with van der Waals surface area (Å²) in [7, 11) is 1.84. The first kappa shape index (κ1) is 18.1. The fraction of sp³-hybridized carbons (Fsp3) is 0.588. The molecule has 0 fully saturated rings. The Morgan fingerprint density at radius 1 is 1.19 bits per heavy atom. The van der Waals surface area contributed by atoms with E-state index in [9.17, 15) is 4.79 Å². The Hall–Kier alpha value is -1.00. The Morgan fingerprint density at radius 2 is 1.76 bits per heavy atom. The molecule has 0 aromatic heterocycles. The predicted octanol–water partition coefficient (Wildman–Crippen LogP) is 3.63. The fourth-order valence-corrected chi connectivity index (χ4v) is 2.78. The molecule has 0 aliphatic heterocycles. The number of carbonyl (C=O) groups excluding carboxylic acids is 1. The van der Waals surface area contributed by atoms with Crippen molar-refractivity contribution >= 4 is 17.7 Å². The second-order valence-corrected chi connectivity index (χ2v) is 7.76. The van der Waals surface area contributed by atoms with Crippen molar-refractivity contribution in [3.63, 3.8) is 0 Å². The summed E-state index contributed by atoms with van der Waals surface area (Å²) in [5, 5.41) is 0.548. The number of nitrogens with two attached hydrogens (primary N) is 1. The van der Waals surface area contributed by atoms with E-state index in [1.807, 2.05) is 31.3 Å². The van der Waals surface area contributed by atoms with Gasteiger partial charge in [0.05, 0.1) is 0 Å². The molecule has 1 atom stereocenters. The molecule has 4 heteroatoms. The van der Waals surface area contributed by atoms with Crippen molar-refractivity contribution in [1.29, 1.82) is 0 Å². The van der Waals surface area contributed by atoms with Gasteiger partial charge in [-0.05, 0) is 36.6 Å². The molecule has 21 heavy (non-hydrogen) atoms. The first-order chi connectivity index (χ1) is 9.81. The molecule has 1 aromatic carbocycles. The van der Waals surface area contributed by atoms with Gasteiger partial charge in [0.1, 0.15) is 0 Å². The number of rotatable bonds is 7. The SMILES string of the molecule is CC(C)Sc1ccc(C(=O)N(C)CCC(N)C(C)C)cc1. The Kier molecular flexibility index (Phi) is 7.26. The van der Waals surface area contributed by atoms with Gasteiger partial charge in [0.2, 0.25) is 0 Å². The molecule has 1 aromatic rings. The van der Waals surface area contributed by atoms with Crippen LogP contribution in [0.5, 0.6) is 0 Å². The number of hydrogen-bond donors (Lipinski definition) is 1. The normalized spacial score (nSPS) is 12.8. The van der Waals surface area contributed by atoms with Crippen LogP contribution in [-0.4, -0.2) is 35.7 Å². The largest absolute Gasteiger partial charge is 0.342 e. The molecule has 0 spiro atoms. The molecule has 0 aliphatic carbocycles. The van der Waals surface area contributed by atoms with Crippen LogP contribution in [-0.2, 0) is 0 Å². The van der Waals surface area contributed by atoms with Crippen LogP contribution in [0, 0.1) is 5.92 Å². The number of carbonyl (C=O) groups is 1. The Balaban J connectivity index is 2.57. The third-order valence-corrected chi connectivity index (χ3v) is 4.49. The minimum atomic E-state index is 0.0621.